The minimum absolute atomic E-state index is 0.0694. The maximum Gasteiger partial charge on any atom is 0.309 e. The van der Waals surface area contributed by atoms with Crippen LogP contribution in [0.5, 0.6) is 0 Å². The minimum Gasteiger partial charge on any atom is -0.466 e. The summed E-state index contributed by atoms with van der Waals surface area (Å²) in [5, 5.41) is 3.74. The maximum atomic E-state index is 13.1. The third-order valence-corrected chi connectivity index (χ3v) is 9.53. The van der Waals surface area contributed by atoms with Crippen molar-refractivity contribution in [2.45, 2.75) is 104 Å². The third kappa shape index (κ3) is 5.19. The summed E-state index contributed by atoms with van der Waals surface area (Å²) in [4.78, 5) is 16.8. The number of hydrogen-bond acceptors (Lipinski definition) is 4. The van der Waals surface area contributed by atoms with Gasteiger partial charge < -0.3 is 14.8 Å². The Morgan fingerprint density at radius 1 is 1.03 bits per heavy atom. The van der Waals surface area contributed by atoms with Gasteiger partial charge in [0.1, 0.15) is 6.54 Å². The molecular weight excluding hydrogens is 412 g/mol. The third-order valence-electron chi connectivity index (χ3n) is 9.53. The first-order chi connectivity index (χ1) is 16.0. The lowest BCUT2D eigenvalue weighted by molar-refractivity contribution is -0.458. The van der Waals surface area contributed by atoms with Gasteiger partial charge in [-0.2, -0.15) is 0 Å². The molecule has 4 fully saturated rings. The Morgan fingerprint density at radius 3 is 2.52 bits per heavy atom. The van der Waals surface area contributed by atoms with E-state index in [1.54, 1.807) is 0 Å². The Kier molecular flexibility index (Phi) is 8.54. The zero-order valence-corrected chi connectivity index (χ0v) is 21.8. The van der Waals surface area contributed by atoms with Crippen LogP contribution in [0, 0.1) is 41.4 Å². The highest BCUT2D eigenvalue weighted by molar-refractivity contribution is 5.82. The highest BCUT2D eigenvalue weighted by atomic mass is 16.5. The van der Waals surface area contributed by atoms with Gasteiger partial charge in [-0.1, -0.05) is 33.6 Å². The molecule has 0 radical (unpaired) electrons. The normalized spacial score (nSPS) is 44.7. The number of carbonyl (C=O) groups is 1. The van der Waals surface area contributed by atoms with Crippen molar-refractivity contribution in [1.29, 1.82) is 0 Å². The molecule has 0 aromatic rings. The van der Waals surface area contributed by atoms with E-state index in [-0.39, 0.29) is 11.9 Å². The number of rotatable bonds is 6. The van der Waals surface area contributed by atoms with Crippen LogP contribution in [0.1, 0.15) is 86.0 Å². The van der Waals surface area contributed by atoms with Crippen LogP contribution in [-0.2, 0) is 14.3 Å². The van der Waals surface area contributed by atoms with Crippen LogP contribution in [0.2, 0.25) is 0 Å². The van der Waals surface area contributed by atoms with Crippen LogP contribution in [0.25, 0.3) is 0 Å². The summed E-state index contributed by atoms with van der Waals surface area (Å²) in [6.07, 6.45) is 9.79. The van der Waals surface area contributed by atoms with E-state index in [2.05, 4.69) is 38.0 Å². The second kappa shape index (κ2) is 11.2. The van der Waals surface area contributed by atoms with E-state index in [1.807, 2.05) is 6.92 Å². The molecule has 1 saturated heterocycles. The Labute approximate surface area is 201 Å². The van der Waals surface area contributed by atoms with Crippen molar-refractivity contribution < 1.29 is 19.3 Å². The summed E-state index contributed by atoms with van der Waals surface area (Å²) in [6, 6.07) is 0.542. The fraction of sp³-hybridized carbons (Fsp3) is 0.929. The van der Waals surface area contributed by atoms with Crippen LogP contribution in [0.3, 0.4) is 0 Å². The summed E-state index contributed by atoms with van der Waals surface area (Å²) in [6.45, 7) is 13.7. The molecule has 1 aliphatic heterocycles. The van der Waals surface area contributed by atoms with Gasteiger partial charge >= 0.3 is 5.97 Å². The summed E-state index contributed by atoms with van der Waals surface area (Å²) in [7, 11) is 0. The second-order valence-corrected chi connectivity index (χ2v) is 11.4. The molecule has 5 heteroatoms. The van der Waals surface area contributed by atoms with Crippen molar-refractivity contribution in [3.05, 3.63) is 0 Å². The molecule has 1 heterocycles. The molecule has 3 aliphatic carbocycles. The van der Waals surface area contributed by atoms with E-state index in [0.717, 1.165) is 32.4 Å². The van der Waals surface area contributed by atoms with Crippen LogP contribution < -0.4 is 10.3 Å². The monoisotopic (exact) mass is 461 g/mol. The summed E-state index contributed by atoms with van der Waals surface area (Å²) < 4.78 is 12.6. The lowest BCUT2D eigenvalue weighted by Crippen LogP contribution is -2.75. The molecule has 2 N–H and O–H groups in total. The number of ether oxygens (including phenoxy) is 2. The van der Waals surface area contributed by atoms with Crippen molar-refractivity contribution in [1.82, 2.24) is 5.32 Å². The predicted molar refractivity (Wildman–Crippen MR) is 132 cm³/mol. The van der Waals surface area contributed by atoms with Crippen LogP contribution in [0.15, 0.2) is 0 Å². The van der Waals surface area contributed by atoms with Crippen molar-refractivity contribution in [2.24, 2.45) is 41.4 Å². The molecule has 10 atom stereocenters. The molecule has 0 aromatic carbocycles. The highest BCUT2D eigenvalue weighted by Crippen LogP contribution is 2.54. The van der Waals surface area contributed by atoms with E-state index in [1.165, 1.54) is 37.8 Å². The van der Waals surface area contributed by atoms with Crippen molar-refractivity contribution in [3.63, 3.8) is 0 Å². The largest absolute Gasteiger partial charge is 0.466 e. The molecule has 33 heavy (non-hydrogen) atoms. The first-order valence-electron chi connectivity index (χ1n) is 14.1. The minimum atomic E-state index is 0.0694. The van der Waals surface area contributed by atoms with E-state index >= 15 is 0 Å². The molecular formula is C28H49N2O3+. The summed E-state index contributed by atoms with van der Waals surface area (Å²) in [5.41, 5.74) is 1.48. The Bertz CT molecular complexity index is 695. The Hall–Kier alpha value is -0.940. The van der Waals surface area contributed by atoms with Gasteiger partial charge in [-0.3, -0.25) is 4.79 Å². The molecule has 0 amide bonds. The van der Waals surface area contributed by atoms with E-state index < -0.39 is 0 Å². The molecule has 0 aromatic heterocycles. The molecule has 188 valence electrons. The van der Waals surface area contributed by atoms with Gasteiger partial charge in [0.15, 0.2) is 5.71 Å². The first-order valence-corrected chi connectivity index (χ1v) is 14.1. The van der Waals surface area contributed by atoms with Gasteiger partial charge in [-0.25, -0.2) is 4.99 Å². The van der Waals surface area contributed by atoms with Crippen LogP contribution >= 0.6 is 0 Å². The van der Waals surface area contributed by atoms with Gasteiger partial charge in [0.2, 0.25) is 0 Å². The molecule has 4 aliphatic rings. The second-order valence-electron chi connectivity index (χ2n) is 11.4. The standard InChI is InChI=1S/C28H48N2O3/c1-6-29-23-15-25-21(13-17(23)4)27(19-11-9-10-12-20(19)28(31)32-8-3)22-14-18(5)24(30-7-2)16-26(22)33-25/h17-23,25-27,29H,6-16H2,1-5H3/p+1. The zero-order chi connectivity index (χ0) is 23.5. The van der Waals surface area contributed by atoms with Crippen LogP contribution in [-0.4, -0.2) is 49.6 Å². The van der Waals surface area contributed by atoms with E-state index in [9.17, 15) is 4.79 Å². The van der Waals surface area contributed by atoms with Gasteiger partial charge in [-0.15, -0.1) is 0 Å². The predicted octanol–water partition coefficient (Wildman–Crippen LogP) is 3.35. The fourth-order valence-electron chi connectivity index (χ4n) is 8.15. The smallest absolute Gasteiger partial charge is 0.309 e. The molecule has 3 saturated carbocycles. The number of esters is 1. The average molecular weight is 462 g/mol. The first kappa shape index (κ1) is 25.2. The van der Waals surface area contributed by atoms with Gasteiger partial charge in [0, 0.05) is 12.0 Å². The fourth-order valence-corrected chi connectivity index (χ4v) is 8.15. The maximum absolute atomic E-state index is 13.1. The topological polar surface area (TPSA) is 61.5 Å². The van der Waals surface area contributed by atoms with Gasteiger partial charge in [0.05, 0.1) is 31.2 Å². The average Bonchev–Trinajstić information content (AvgIpc) is 2.80. The van der Waals surface area contributed by atoms with Crippen molar-refractivity contribution >= 4 is 11.7 Å². The van der Waals surface area contributed by atoms with Crippen molar-refractivity contribution in [3.8, 4) is 0 Å². The number of hydrogen-bond donors (Lipinski definition) is 2. The highest BCUT2D eigenvalue weighted by Gasteiger charge is 2.56. The lowest BCUT2D eigenvalue weighted by Gasteiger charge is -2.57. The molecule has 10 unspecified atom stereocenters. The molecule has 5 nitrogen and oxygen atoms in total. The Morgan fingerprint density at radius 2 is 1.79 bits per heavy atom. The lowest BCUT2D eigenvalue weighted by atomic mass is 9.54. The van der Waals surface area contributed by atoms with Crippen molar-refractivity contribution in [2.75, 3.05) is 19.7 Å². The molecule has 4 rings (SSSR count). The zero-order valence-electron chi connectivity index (χ0n) is 21.8. The number of carbonyl (C=O) groups excluding carboxylic acids is 1. The number of fused-ring (bicyclic) bond motifs is 2. The van der Waals surface area contributed by atoms with E-state index in [4.69, 9.17) is 9.47 Å². The molecule has 0 spiro atoms. The summed E-state index contributed by atoms with van der Waals surface area (Å²) in [5.74, 6) is 3.56. The SMILES string of the molecule is CCNC1CC2OC3CC(=[NH+]CC)C(C)CC3C(C3CCCCC3C(=O)OCC)C2CC1C. The van der Waals surface area contributed by atoms with Gasteiger partial charge in [0.25, 0.3) is 0 Å². The Balaban J connectivity index is 1.66. The number of nitrogens with one attached hydrogen (secondary N) is 2. The quantitative estimate of drug-likeness (QED) is 0.596. The van der Waals surface area contributed by atoms with Gasteiger partial charge in [-0.05, 0) is 82.1 Å². The van der Waals surface area contributed by atoms with Crippen LogP contribution in [0.4, 0.5) is 0 Å². The van der Waals surface area contributed by atoms with E-state index in [0.29, 0.717) is 60.4 Å². The summed E-state index contributed by atoms with van der Waals surface area (Å²) >= 11 is 0. The molecule has 0 bridgehead atoms.